The van der Waals surface area contributed by atoms with E-state index in [0.717, 1.165) is 29.7 Å². The lowest BCUT2D eigenvalue weighted by molar-refractivity contribution is 0.913. The Balaban J connectivity index is 1.83. The number of halogens is 1. The summed E-state index contributed by atoms with van der Waals surface area (Å²) >= 11 is 3.48. The van der Waals surface area contributed by atoms with Crippen LogP contribution in [0.3, 0.4) is 0 Å². The number of nitrogens with one attached hydrogen (secondary N) is 1. The van der Waals surface area contributed by atoms with Gasteiger partial charge in [0.25, 0.3) is 0 Å². The smallest absolute Gasteiger partial charge is 0.0364 e. The number of likely N-dealkylation sites (N-methyl/N-ethyl adjacent to an activating group) is 1. The van der Waals surface area contributed by atoms with Crippen LogP contribution in [0.25, 0.3) is 0 Å². The molecule has 0 unspecified atom stereocenters. The van der Waals surface area contributed by atoms with E-state index in [1.165, 1.54) is 11.3 Å². The Hall–Kier alpha value is -1.48. The first kappa shape index (κ1) is 14.9. The Morgan fingerprint density at radius 1 is 1.10 bits per heavy atom. The van der Waals surface area contributed by atoms with Crippen LogP contribution in [0.5, 0.6) is 0 Å². The molecule has 0 amide bonds. The fourth-order valence-corrected chi connectivity index (χ4v) is 2.48. The molecule has 0 spiro atoms. The highest BCUT2D eigenvalue weighted by Gasteiger charge is 2.00. The number of hydrogen-bond donors (Lipinski definition) is 1. The van der Waals surface area contributed by atoms with Crippen molar-refractivity contribution >= 4 is 27.3 Å². The number of anilines is 2. The van der Waals surface area contributed by atoms with Gasteiger partial charge in [0.05, 0.1) is 0 Å². The SMILES string of the molecule is CCc1ccc(N(C)CCNc2cccc(Br)c2)cc1. The van der Waals surface area contributed by atoms with Gasteiger partial charge >= 0.3 is 0 Å². The number of benzene rings is 2. The van der Waals surface area contributed by atoms with Crippen LogP contribution < -0.4 is 10.2 Å². The molecule has 106 valence electrons. The van der Waals surface area contributed by atoms with Crippen LogP contribution >= 0.6 is 15.9 Å². The van der Waals surface area contributed by atoms with Crippen LogP contribution in [0.1, 0.15) is 12.5 Å². The predicted molar refractivity (Wildman–Crippen MR) is 91.7 cm³/mol. The van der Waals surface area contributed by atoms with Crippen molar-refractivity contribution in [1.29, 1.82) is 0 Å². The van der Waals surface area contributed by atoms with E-state index < -0.39 is 0 Å². The largest absolute Gasteiger partial charge is 0.383 e. The Morgan fingerprint density at radius 3 is 2.50 bits per heavy atom. The van der Waals surface area contributed by atoms with Crippen molar-refractivity contribution < 1.29 is 0 Å². The van der Waals surface area contributed by atoms with E-state index in [1.54, 1.807) is 0 Å². The fraction of sp³-hybridized carbons (Fsp3) is 0.294. The second kappa shape index (κ2) is 7.34. The molecular weight excluding hydrogens is 312 g/mol. The molecule has 2 aromatic rings. The van der Waals surface area contributed by atoms with Crippen molar-refractivity contribution in [3.05, 3.63) is 58.6 Å². The summed E-state index contributed by atoms with van der Waals surface area (Å²) in [6.07, 6.45) is 1.09. The maximum atomic E-state index is 3.48. The highest BCUT2D eigenvalue weighted by molar-refractivity contribution is 9.10. The maximum Gasteiger partial charge on any atom is 0.0364 e. The van der Waals surface area contributed by atoms with E-state index in [-0.39, 0.29) is 0 Å². The number of nitrogens with zero attached hydrogens (tertiary/aromatic N) is 1. The average Bonchev–Trinajstić information content (AvgIpc) is 2.47. The van der Waals surface area contributed by atoms with Crippen molar-refractivity contribution in [2.24, 2.45) is 0 Å². The van der Waals surface area contributed by atoms with E-state index in [4.69, 9.17) is 0 Å². The van der Waals surface area contributed by atoms with Crippen LogP contribution in [0, 0.1) is 0 Å². The minimum atomic E-state index is 0.919. The van der Waals surface area contributed by atoms with Crippen LogP contribution in [0.4, 0.5) is 11.4 Å². The third-order valence-corrected chi connectivity index (χ3v) is 3.88. The van der Waals surface area contributed by atoms with Gasteiger partial charge in [-0.25, -0.2) is 0 Å². The number of aryl methyl sites for hydroxylation is 1. The lowest BCUT2D eigenvalue weighted by Crippen LogP contribution is -2.24. The number of hydrogen-bond acceptors (Lipinski definition) is 2. The molecule has 20 heavy (non-hydrogen) atoms. The zero-order valence-electron chi connectivity index (χ0n) is 12.1. The summed E-state index contributed by atoms with van der Waals surface area (Å²) < 4.78 is 1.10. The Bertz CT molecular complexity index is 537. The van der Waals surface area contributed by atoms with Crippen LogP contribution in [0.2, 0.25) is 0 Å². The lowest BCUT2D eigenvalue weighted by atomic mass is 10.1. The minimum Gasteiger partial charge on any atom is -0.383 e. The molecule has 0 aliphatic heterocycles. The molecule has 0 bridgehead atoms. The highest BCUT2D eigenvalue weighted by atomic mass is 79.9. The average molecular weight is 333 g/mol. The maximum absolute atomic E-state index is 3.48. The Labute approximate surface area is 129 Å². The molecule has 2 rings (SSSR count). The molecule has 0 atom stereocenters. The summed E-state index contributed by atoms with van der Waals surface area (Å²) in [5.74, 6) is 0. The topological polar surface area (TPSA) is 15.3 Å². The molecule has 2 aromatic carbocycles. The summed E-state index contributed by atoms with van der Waals surface area (Å²) in [6, 6.07) is 17.0. The normalized spacial score (nSPS) is 10.3. The van der Waals surface area contributed by atoms with E-state index in [0.29, 0.717) is 0 Å². The van der Waals surface area contributed by atoms with Gasteiger partial charge in [0.2, 0.25) is 0 Å². The van der Waals surface area contributed by atoms with Gasteiger partial charge in [-0.15, -0.1) is 0 Å². The monoisotopic (exact) mass is 332 g/mol. The summed E-state index contributed by atoms with van der Waals surface area (Å²) in [4.78, 5) is 2.27. The van der Waals surface area contributed by atoms with Gasteiger partial charge in [0, 0.05) is 36.0 Å². The Morgan fingerprint density at radius 2 is 1.85 bits per heavy atom. The molecule has 0 saturated carbocycles. The van der Waals surface area contributed by atoms with Crippen molar-refractivity contribution in [2.45, 2.75) is 13.3 Å². The first-order valence-electron chi connectivity index (χ1n) is 6.98. The van der Waals surface area contributed by atoms with E-state index in [2.05, 4.69) is 76.5 Å². The fourth-order valence-electron chi connectivity index (χ4n) is 2.08. The summed E-state index contributed by atoms with van der Waals surface area (Å²) in [6.45, 7) is 4.07. The first-order chi connectivity index (χ1) is 9.69. The van der Waals surface area contributed by atoms with Gasteiger partial charge in [0.1, 0.15) is 0 Å². The van der Waals surface area contributed by atoms with Gasteiger partial charge < -0.3 is 10.2 Å². The Kier molecular flexibility index (Phi) is 5.48. The van der Waals surface area contributed by atoms with Crippen LogP contribution in [-0.4, -0.2) is 20.1 Å². The van der Waals surface area contributed by atoms with Gasteiger partial charge in [-0.3, -0.25) is 0 Å². The first-order valence-corrected chi connectivity index (χ1v) is 7.78. The zero-order chi connectivity index (χ0) is 14.4. The molecule has 0 aliphatic carbocycles. The standard InChI is InChI=1S/C17H21BrN2/c1-3-14-7-9-17(10-8-14)20(2)12-11-19-16-6-4-5-15(18)13-16/h4-10,13,19H,3,11-12H2,1-2H3. The van der Waals surface area contributed by atoms with Gasteiger partial charge in [-0.05, 0) is 42.3 Å². The second-order valence-electron chi connectivity index (χ2n) is 4.88. The lowest BCUT2D eigenvalue weighted by Gasteiger charge is -2.20. The van der Waals surface area contributed by atoms with Gasteiger partial charge in [0.15, 0.2) is 0 Å². The molecule has 0 saturated heterocycles. The second-order valence-corrected chi connectivity index (χ2v) is 5.79. The summed E-state index contributed by atoms with van der Waals surface area (Å²) in [5.41, 5.74) is 3.79. The van der Waals surface area contributed by atoms with E-state index in [9.17, 15) is 0 Å². The molecule has 0 radical (unpaired) electrons. The molecule has 0 heterocycles. The van der Waals surface area contributed by atoms with E-state index >= 15 is 0 Å². The molecule has 3 heteroatoms. The zero-order valence-corrected chi connectivity index (χ0v) is 13.7. The quantitative estimate of drug-likeness (QED) is 0.834. The van der Waals surface area contributed by atoms with Crippen LogP contribution in [-0.2, 0) is 6.42 Å². The van der Waals surface area contributed by atoms with Crippen LogP contribution in [0.15, 0.2) is 53.0 Å². The van der Waals surface area contributed by atoms with Crippen molar-refractivity contribution in [2.75, 3.05) is 30.4 Å². The van der Waals surface area contributed by atoms with Gasteiger partial charge in [-0.1, -0.05) is 41.1 Å². The molecule has 0 aliphatic rings. The minimum absolute atomic E-state index is 0.919. The predicted octanol–water partition coefficient (Wildman–Crippen LogP) is 4.56. The third kappa shape index (κ3) is 4.27. The van der Waals surface area contributed by atoms with E-state index in [1.807, 2.05) is 12.1 Å². The molecule has 2 nitrogen and oxygen atoms in total. The summed E-state index contributed by atoms with van der Waals surface area (Å²) in [5, 5.41) is 3.44. The van der Waals surface area contributed by atoms with Crippen molar-refractivity contribution in [1.82, 2.24) is 0 Å². The molecule has 0 aromatic heterocycles. The van der Waals surface area contributed by atoms with Crippen molar-refractivity contribution in [3.63, 3.8) is 0 Å². The highest BCUT2D eigenvalue weighted by Crippen LogP contribution is 2.16. The van der Waals surface area contributed by atoms with Crippen molar-refractivity contribution in [3.8, 4) is 0 Å². The van der Waals surface area contributed by atoms with Gasteiger partial charge in [-0.2, -0.15) is 0 Å². The molecular formula is C17H21BrN2. The summed E-state index contributed by atoms with van der Waals surface area (Å²) in [7, 11) is 2.13. The molecule has 0 fully saturated rings. The number of rotatable bonds is 6. The molecule has 1 N–H and O–H groups in total. The third-order valence-electron chi connectivity index (χ3n) is 3.39.